The van der Waals surface area contributed by atoms with Crippen molar-refractivity contribution in [2.45, 2.75) is 20.3 Å². The summed E-state index contributed by atoms with van der Waals surface area (Å²) in [7, 11) is 0. The zero-order valence-corrected chi connectivity index (χ0v) is 15.5. The van der Waals surface area contributed by atoms with Crippen LogP contribution in [0.25, 0.3) is 0 Å². The van der Waals surface area contributed by atoms with Crippen LogP contribution in [0.1, 0.15) is 18.1 Å². The molecule has 1 saturated heterocycles. The number of amides is 2. The molecule has 1 aliphatic rings. The van der Waals surface area contributed by atoms with Gasteiger partial charge < -0.3 is 15.1 Å². The molecule has 0 unspecified atom stereocenters. The maximum absolute atomic E-state index is 12.5. The third kappa shape index (κ3) is 4.07. The van der Waals surface area contributed by atoms with Gasteiger partial charge in [-0.1, -0.05) is 42.8 Å². The van der Waals surface area contributed by atoms with E-state index >= 15 is 0 Å². The number of rotatable bonds is 3. The highest BCUT2D eigenvalue weighted by molar-refractivity contribution is 6.30. The van der Waals surface area contributed by atoms with Gasteiger partial charge in [0.05, 0.1) is 0 Å². The lowest BCUT2D eigenvalue weighted by Crippen LogP contribution is -2.50. The van der Waals surface area contributed by atoms with Gasteiger partial charge in [-0.05, 0) is 42.7 Å². The van der Waals surface area contributed by atoms with Crippen molar-refractivity contribution < 1.29 is 4.79 Å². The summed E-state index contributed by atoms with van der Waals surface area (Å²) in [5.74, 6) is 0. The Morgan fingerprint density at radius 2 is 1.84 bits per heavy atom. The van der Waals surface area contributed by atoms with Gasteiger partial charge in [-0.3, -0.25) is 0 Å². The second-order valence-corrected chi connectivity index (χ2v) is 6.79. The summed E-state index contributed by atoms with van der Waals surface area (Å²) >= 11 is 5.97. The van der Waals surface area contributed by atoms with E-state index in [2.05, 4.69) is 42.3 Å². The van der Waals surface area contributed by atoms with E-state index in [1.54, 1.807) is 12.1 Å². The van der Waals surface area contributed by atoms with Gasteiger partial charge >= 0.3 is 6.03 Å². The van der Waals surface area contributed by atoms with Gasteiger partial charge in [-0.2, -0.15) is 0 Å². The van der Waals surface area contributed by atoms with Crippen LogP contribution < -0.4 is 10.2 Å². The summed E-state index contributed by atoms with van der Waals surface area (Å²) < 4.78 is 0. The first-order chi connectivity index (χ1) is 12.1. The second-order valence-electron chi connectivity index (χ2n) is 6.35. The van der Waals surface area contributed by atoms with Crippen molar-refractivity contribution in [3.8, 4) is 0 Å². The molecule has 25 heavy (non-hydrogen) atoms. The molecule has 5 heteroatoms. The van der Waals surface area contributed by atoms with Crippen molar-refractivity contribution in [1.29, 1.82) is 0 Å². The highest BCUT2D eigenvalue weighted by Gasteiger charge is 2.23. The topological polar surface area (TPSA) is 35.6 Å². The van der Waals surface area contributed by atoms with Crippen LogP contribution in [0.4, 0.5) is 16.2 Å². The van der Waals surface area contributed by atoms with E-state index < -0.39 is 0 Å². The molecule has 2 aromatic rings. The van der Waals surface area contributed by atoms with Crippen LogP contribution in [0, 0.1) is 6.92 Å². The predicted molar refractivity (Wildman–Crippen MR) is 105 cm³/mol. The standard InChI is InChI=1S/C20H24ClN3O/c1-3-16-7-4-6-15(2)19(16)23-10-12-24(13-11-23)20(25)22-18-9-5-8-17(21)14-18/h4-9,14H,3,10-13H2,1-2H3,(H,22,25). The van der Waals surface area contributed by atoms with Crippen LogP contribution in [-0.2, 0) is 6.42 Å². The number of halogens is 1. The lowest BCUT2D eigenvalue weighted by atomic mass is 10.0. The summed E-state index contributed by atoms with van der Waals surface area (Å²) in [6.07, 6.45) is 1.02. The summed E-state index contributed by atoms with van der Waals surface area (Å²) in [5.41, 5.74) is 4.74. The van der Waals surface area contributed by atoms with Crippen LogP contribution in [0.5, 0.6) is 0 Å². The minimum atomic E-state index is -0.0672. The number of aryl methyl sites for hydroxylation is 2. The quantitative estimate of drug-likeness (QED) is 0.873. The van der Waals surface area contributed by atoms with Crippen molar-refractivity contribution in [3.63, 3.8) is 0 Å². The fourth-order valence-electron chi connectivity index (χ4n) is 3.36. The molecule has 1 heterocycles. The van der Waals surface area contributed by atoms with Gasteiger partial charge in [-0.15, -0.1) is 0 Å². The van der Waals surface area contributed by atoms with Crippen LogP contribution >= 0.6 is 11.6 Å². The maximum atomic E-state index is 12.5. The molecule has 0 saturated carbocycles. The van der Waals surface area contributed by atoms with Crippen molar-refractivity contribution >= 4 is 29.0 Å². The van der Waals surface area contributed by atoms with Gasteiger partial charge in [-0.25, -0.2) is 4.79 Å². The van der Waals surface area contributed by atoms with Gasteiger partial charge in [0.25, 0.3) is 0 Å². The number of urea groups is 1. The van der Waals surface area contributed by atoms with Gasteiger partial charge in [0.2, 0.25) is 0 Å². The molecular weight excluding hydrogens is 334 g/mol. The molecule has 1 fully saturated rings. The minimum absolute atomic E-state index is 0.0672. The molecule has 1 N–H and O–H groups in total. The Morgan fingerprint density at radius 3 is 2.52 bits per heavy atom. The highest BCUT2D eigenvalue weighted by Crippen LogP contribution is 2.27. The van der Waals surface area contributed by atoms with E-state index in [1.165, 1.54) is 16.8 Å². The predicted octanol–water partition coefficient (Wildman–Crippen LogP) is 4.56. The lowest BCUT2D eigenvalue weighted by Gasteiger charge is -2.37. The normalized spacial score (nSPS) is 14.5. The number of para-hydroxylation sites is 1. The molecule has 0 spiro atoms. The van der Waals surface area contributed by atoms with Gasteiger partial charge in [0.1, 0.15) is 0 Å². The Morgan fingerprint density at radius 1 is 1.12 bits per heavy atom. The zero-order valence-electron chi connectivity index (χ0n) is 14.8. The van der Waals surface area contributed by atoms with Crippen molar-refractivity contribution in [2.24, 2.45) is 0 Å². The number of anilines is 2. The molecule has 0 aliphatic carbocycles. The summed E-state index contributed by atoms with van der Waals surface area (Å²) in [4.78, 5) is 16.7. The first-order valence-corrected chi connectivity index (χ1v) is 9.11. The second kappa shape index (κ2) is 7.79. The number of piperazine rings is 1. The highest BCUT2D eigenvalue weighted by atomic mass is 35.5. The molecule has 132 valence electrons. The molecule has 0 atom stereocenters. The summed E-state index contributed by atoms with van der Waals surface area (Å²) in [6.45, 7) is 7.47. The molecule has 2 amide bonds. The van der Waals surface area contributed by atoms with Crippen LogP contribution in [0.15, 0.2) is 42.5 Å². The number of nitrogens with zero attached hydrogens (tertiary/aromatic N) is 2. The van der Waals surface area contributed by atoms with E-state index in [1.807, 2.05) is 17.0 Å². The van der Waals surface area contributed by atoms with E-state index in [9.17, 15) is 4.79 Å². The Labute approximate surface area is 154 Å². The minimum Gasteiger partial charge on any atom is -0.368 e. The lowest BCUT2D eigenvalue weighted by molar-refractivity contribution is 0.208. The molecule has 0 bridgehead atoms. The Bertz CT molecular complexity index is 754. The molecule has 0 radical (unpaired) electrons. The van der Waals surface area contributed by atoms with Crippen LogP contribution in [0.3, 0.4) is 0 Å². The summed E-state index contributed by atoms with van der Waals surface area (Å²) in [6, 6.07) is 13.6. The SMILES string of the molecule is CCc1cccc(C)c1N1CCN(C(=O)Nc2cccc(Cl)c2)CC1. The summed E-state index contributed by atoms with van der Waals surface area (Å²) in [5, 5.41) is 3.54. The molecular formula is C20H24ClN3O. The fraction of sp³-hybridized carbons (Fsp3) is 0.350. The average Bonchev–Trinajstić information content (AvgIpc) is 2.61. The number of carbonyl (C=O) groups excluding carboxylic acids is 1. The fourth-order valence-corrected chi connectivity index (χ4v) is 3.55. The van der Waals surface area contributed by atoms with Crippen molar-refractivity contribution in [3.05, 3.63) is 58.6 Å². The van der Waals surface area contributed by atoms with E-state index in [0.29, 0.717) is 18.1 Å². The molecule has 1 aliphatic heterocycles. The van der Waals surface area contributed by atoms with Crippen molar-refractivity contribution in [2.75, 3.05) is 36.4 Å². The number of carbonyl (C=O) groups is 1. The van der Waals surface area contributed by atoms with Crippen molar-refractivity contribution in [1.82, 2.24) is 4.90 Å². The first-order valence-electron chi connectivity index (χ1n) is 8.73. The molecule has 0 aromatic heterocycles. The van der Waals surface area contributed by atoms with Crippen LogP contribution in [-0.4, -0.2) is 37.1 Å². The monoisotopic (exact) mass is 357 g/mol. The maximum Gasteiger partial charge on any atom is 0.321 e. The largest absolute Gasteiger partial charge is 0.368 e. The third-order valence-electron chi connectivity index (χ3n) is 4.66. The third-order valence-corrected chi connectivity index (χ3v) is 4.90. The number of hydrogen-bond donors (Lipinski definition) is 1. The van der Waals surface area contributed by atoms with E-state index in [-0.39, 0.29) is 6.03 Å². The van der Waals surface area contributed by atoms with E-state index in [4.69, 9.17) is 11.6 Å². The van der Waals surface area contributed by atoms with Gasteiger partial charge in [0.15, 0.2) is 0 Å². The molecule has 3 rings (SSSR count). The molecule has 4 nitrogen and oxygen atoms in total. The number of benzene rings is 2. The number of nitrogens with one attached hydrogen (secondary N) is 1. The Balaban J connectivity index is 1.63. The van der Waals surface area contributed by atoms with E-state index in [0.717, 1.165) is 25.2 Å². The van der Waals surface area contributed by atoms with Crippen LogP contribution in [0.2, 0.25) is 5.02 Å². The number of hydrogen-bond acceptors (Lipinski definition) is 2. The Hall–Kier alpha value is -2.20. The Kier molecular flexibility index (Phi) is 5.49. The smallest absolute Gasteiger partial charge is 0.321 e. The van der Waals surface area contributed by atoms with Gasteiger partial charge in [0, 0.05) is 42.6 Å². The molecule has 2 aromatic carbocycles. The first kappa shape index (κ1) is 17.6. The zero-order chi connectivity index (χ0) is 17.8. The average molecular weight is 358 g/mol.